The predicted molar refractivity (Wildman–Crippen MR) is 89.8 cm³/mol. The minimum atomic E-state index is 0.294. The van der Waals surface area contributed by atoms with Gasteiger partial charge in [-0.1, -0.05) is 19.3 Å². The fourth-order valence-corrected chi connectivity index (χ4v) is 4.56. The summed E-state index contributed by atoms with van der Waals surface area (Å²) in [6.45, 7) is 5.64. The number of hydrogen-bond acceptors (Lipinski definition) is 3. The summed E-state index contributed by atoms with van der Waals surface area (Å²) in [5.41, 5.74) is 0. The third kappa shape index (κ3) is 4.69. The van der Waals surface area contributed by atoms with Gasteiger partial charge in [0.2, 0.25) is 5.91 Å². The molecular weight excluding hydrogens is 274 g/mol. The van der Waals surface area contributed by atoms with Gasteiger partial charge in [-0.25, -0.2) is 0 Å². The zero-order valence-corrected chi connectivity index (χ0v) is 14.0. The molecule has 0 aromatic carbocycles. The molecule has 2 aliphatic heterocycles. The molecule has 1 aliphatic carbocycles. The van der Waals surface area contributed by atoms with Gasteiger partial charge in [-0.05, 0) is 43.9 Å². The van der Waals surface area contributed by atoms with Crippen LogP contribution in [0.1, 0.15) is 57.8 Å². The quantitative estimate of drug-likeness (QED) is 0.818. The van der Waals surface area contributed by atoms with Gasteiger partial charge in [0.1, 0.15) is 0 Å². The molecule has 22 heavy (non-hydrogen) atoms. The molecule has 2 unspecified atom stereocenters. The number of piperazine rings is 1. The average molecular weight is 307 g/mol. The molecule has 2 atom stereocenters. The van der Waals surface area contributed by atoms with Crippen LogP contribution in [0.25, 0.3) is 0 Å². The Kier molecular flexibility index (Phi) is 6.13. The highest BCUT2D eigenvalue weighted by Crippen LogP contribution is 2.26. The van der Waals surface area contributed by atoms with E-state index < -0.39 is 0 Å². The highest BCUT2D eigenvalue weighted by molar-refractivity contribution is 5.76. The molecule has 126 valence electrons. The highest BCUT2D eigenvalue weighted by atomic mass is 16.1. The van der Waals surface area contributed by atoms with E-state index in [-0.39, 0.29) is 0 Å². The Labute approximate surface area is 135 Å². The van der Waals surface area contributed by atoms with E-state index in [1.807, 2.05) is 0 Å². The van der Waals surface area contributed by atoms with Crippen molar-refractivity contribution >= 4 is 5.91 Å². The van der Waals surface area contributed by atoms with E-state index in [1.165, 1.54) is 64.6 Å². The van der Waals surface area contributed by atoms with Crippen molar-refractivity contribution in [3.8, 4) is 0 Å². The summed E-state index contributed by atoms with van der Waals surface area (Å²) in [5.74, 6) is 1.73. The van der Waals surface area contributed by atoms with Gasteiger partial charge in [0, 0.05) is 45.2 Å². The Morgan fingerprint density at radius 3 is 2.82 bits per heavy atom. The molecule has 2 saturated heterocycles. The number of rotatable bonds is 5. The number of nitrogens with zero attached hydrogens (tertiary/aromatic N) is 1. The second-order valence-corrected chi connectivity index (χ2v) is 7.64. The maximum atomic E-state index is 12.1. The van der Waals surface area contributed by atoms with E-state index in [0.717, 1.165) is 37.9 Å². The van der Waals surface area contributed by atoms with Crippen LogP contribution >= 0.6 is 0 Å². The highest BCUT2D eigenvalue weighted by Gasteiger charge is 2.29. The van der Waals surface area contributed by atoms with Crippen molar-refractivity contribution in [3.05, 3.63) is 0 Å². The van der Waals surface area contributed by atoms with Crippen LogP contribution in [0.5, 0.6) is 0 Å². The van der Waals surface area contributed by atoms with E-state index in [9.17, 15) is 4.79 Å². The number of piperidine rings is 1. The summed E-state index contributed by atoms with van der Waals surface area (Å²) in [5, 5.41) is 6.68. The van der Waals surface area contributed by atoms with Gasteiger partial charge < -0.3 is 10.6 Å². The van der Waals surface area contributed by atoms with Crippen molar-refractivity contribution < 1.29 is 4.79 Å². The number of fused-ring (bicyclic) bond motifs is 1. The molecule has 2 N–H and O–H groups in total. The summed E-state index contributed by atoms with van der Waals surface area (Å²) in [6.07, 6.45) is 11.1. The monoisotopic (exact) mass is 307 g/mol. The van der Waals surface area contributed by atoms with Crippen LogP contribution < -0.4 is 10.6 Å². The summed E-state index contributed by atoms with van der Waals surface area (Å²) in [7, 11) is 0. The fraction of sp³-hybridized carbons (Fsp3) is 0.944. The van der Waals surface area contributed by atoms with Crippen LogP contribution in [0.3, 0.4) is 0 Å². The van der Waals surface area contributed by atoms with Crippen molar-refractivity contribution in [2.75, 3.05) is 32.7 Å². The molecule has 2 heterocycles. The van der Waals surface area contributed by atoms with E-state index in [0.29, 0.717) is 11.8 Å². The first-order valence-corrected chi connectivity index (χ1v) is 9.52. The minimum Gasteiger partial charge on any atom is -0.356 e. The lowest BCUT2D eigenvalue weighted by Crippen LogP contribution is -2.55. The first kappa shape index (κ1) is 16.3. The number of carbonyl (C=O) groups excluding carboxylic acids is 1. The van der Waals surface area contributed by atoms with Crippen LogP contribution in [0, 0.1) is 11.8 Å². The zero-order chi connectivity index (χ0) is 15.2. The smallest absolute Gasteiger partial charge is 0.220 e. The molecule has 1 amide bonds. The normalized spacial score (nSPS) is 30.7. The first-order valence-electron chi connectivity index (χ1n) is 9.52. The Morgan fingerprint density at radius 2 is 1.95 bits per heavy atom. The molecule has 0 aromatic rings. The van der Waals surface area contributed by atoms with Gasteiger partial charge in [0.25, 0.3) is 0 Å². The molecule has 3 rings (SSSR count). The Morgan fingerprint density at radius 1 is 1.09 bits per heavy atom. The maximum Gasteiger partial charge on any atom is 0.220 e. The summed E-state index contributed by atoms with van der Waals surface area (Å²) in [6, 6.07) is 0.769. The molecule has 3 fully saturated rings. The Bertz CT molecular complexity index is 354. The lowest BCUT2D eigenvalue weighted by molar-refractivity contribution is -0.122. The van der Waals surface area contributed by atoms with E-state index in [1.54, 1.807) is 0 Å². The van der Waals surface area contributed by atoms with Crippen LogP contribution in [0.15, 0.2) is 0 Å². The number of carbonyl (C=O) groups is 1. The molecule has 4 nitrogen and oxygen atoms in total. The maximum absolute atomic E-state index is 12.1. The van der Waals surface area contributed by atoms with Crippen molar-refractivity contribution in [1.29, 1.82) is 0 Å². The Balaban J connectivity index is 1.30. The number of amides is 1. The third-order valence-electron chi connectivity index (χ3n) is 5.95. The SMILES string of the molecule is O=C(CC1CCCCC1)NCCC1CCC2CNCCN2C1. The van der Waals surface area contributed by atoms with Crippen LogP contribution in [0.2, 0.25) is 0 Å². The Hall–Kier alpha value is -0.610. The topological polar surface area (TPSA) is 44.4 Å². The van der Waals surface area contributed by atoms with Crippen molar-refractivity contribution in [2.45, 2.75) is 63.8 Å². The van der Waals surface area contributed by atoms with Crippen molar-refractivity contribution in [1.82, 2.24) is 15.5 Å². The molecule has 1 saturated carbocycles. The minimum absolute atomic E-state index is 0.294. The third-order valence-corrected chi connectivity index (χ3v) is 5.95. The number of hydrogen-bond donors (Lipinski definition) is 2. The fourth-order valence-electron chi connectivity index (χ4n) is 4.56. The first-order chi connectivity index (χ1) is 10.8. The number of nitrogens with one attached hydrogen (secondary N) is 2. The predicted octanol–water partition coefficient (Wildman–Crippen LogP) is 2.15. The zero-order valence-electron chi connectivity index (χ0n) is 14.0. The molecule has 0 spiro atoms. The van der Waals surface area contributed by atoms with Crippen molar-refractivity contribution in [2.24, 2.45) is 11.8 Å². The average Bonchev–Trinajstić information content (AvgIpc) is 2.55. The van der Waals surface area contributed by atoms with Gasteiger partial charge in [0.15, 0.2) is 0 Å². The summed E-state index contributed by atoms with van der Waals surface area (Å²) >= 11 is 0. The van der Waals surface area contributed by atoms with Gasteiger partial charge in [-0.2, -0.15) is 0 Å². The van der Waals surface area contributed by atoms with Gasteiger partial charge in [-0.3, -0.25) is 9.69 Å². The lowest BCUT2D eigenvalue weighted by atomic mass is 9.87. The molecule has 0 bridgehead atoms. The largest absolute Gasteiger partial charge is 0.356 e. The second kappa shape index (κ2) is 8.30. The van der Waals surface area contributed by atoms with E-state index >= 15 is 0 Å². The molecule has 0 radical (unpaired) electrons. The molecular formula is C18H33N3O. The van der Waals surface area contributed by atoms with Gasteiger partial charge in [0.05, 0.1) is 0 Å². The van der Waals surface area contributed by atoms with Crippen LogP contribution in [-0.4, -0.2) is 49.6 Å². The standard InChI is InChI=1S/C18H33N3O/c22-18(12-15-4-2-1-3-5-15)20-9-8-16-6-7-17-13-19-10-11-21(17)14-16/h15-17,19H,1-14H2,(H,20,22). The lowest BCUT2D eigenvalue weighted by Gasteiger charge is -2.43. The molecule has 0 aromatic heterocycles. The molecule has 3 aliphatic rings. The summed E-state index contributed by atoms with van der Waals surface area (Å²) < 4.78 is 0. The van der Waals surface area contributed by atoms with E-state index in [2.05, 4.69) is 15.5 Å². The van der Waals surface area contributed by atoms with Crippen molar-refractivity contribution in [3.63, 3.8) is 0 Å². The van der Waals surface area contributed by atoms with Crippen LogP contribution in [-0.2, 0) is 4.79 Å². The molecule has 4 heteroatoms. The summed E-state index contributed by atoms with van der Waals surface area (Å²) in [4.78, 5) is 14.7. The van der Waals surface area contributed by atoms with Gasteiger partial charge in [-0.15, -0.1) is 0 Å². The second-order valence-electron chi connectivity index (χ2n) is 7.64. The van der Waals surface area contributed by atoms with Gasteiger partial charge >= 0.3 is 0 Å². The van der Waals surface area contributed by atoms with E-state index in [4.69, 9.17) is 0 Å². The van der Waals surface area contributed by atoms with Crippen LogP contribution in [0.4, 0.5) is 0 Å².